The largest absolute Gasteiger partial charge is 0.447 e. The minimum Gasteiger partial charge on any atom is -0.447 e. The van der Waals surface area contributed by atoms with Crippen LogP contribution in [0.2, 0.25) is 0 Å². The first-order valence-corrected chi connectivity index (χ1v) is 13.8. The lowest BCUT2D eigenvalue weighted by atomic mass is 9.91. The number of nitrogens with zero attached hydrogens (tertiary/aromatic N) is 7. The van der Waals surface area contributed by atoms with Crippen LogP contribution in [0.1, 0.15) is 50.9 Å². The summed E-state index contributed by atoms with van der Waals surface area (Å²) in [5.41, 5.74) is 1.27. The van der Waals surface area contributed by atoms with Gasteiger partial charge in [0.1, 0.15) is 11.7 Å². The number of nitrogens with two attached hydrogens (primary N) is 1. The van der Waals surface area contributed by atoms with Gasteiger partial charge in [-0.3, -0.25) is 19.9 Å². The fourth-order valence-electron chi connectivity index (χ4n) is 5.23. The highest BCUT2D eigenvalue weighted by Crippen LogP contribution is 2.37. The van der Waals surface area contributed by atoms with Crippen molar-refractivity contribution >= 4 is 35.4 Å². The summed E-state index contributed by atoms with van der Waals surface area (Å²) in [4.78, 5) is 15.2. The molecule has 224 valence electrons. The second-order valence-corrected chi connectivity index (χ2v) is 11.3. The SMILES string of the molecule is COCCN1CC[C@H](n2nc(Nc3nc4ncc(O/C(C=N)=C5\C=NC=C[NH2+]5)c(C(F)F)c4n3C)cc2C(C)(C)C)C1. The van der Waals surface area contributed by atoms with Crippen LogP contribution in [0.25, 0.3) is 11.2 Å². The highest BCUT2D eigenvalue weighted by atomic mass is 19.3. The zero-order chi connectivity index (χ0) is 30.0. The van der Waals surface area contributed by atoms with E-state index in [9.17, 15) is 8.78 Å². The van der Waals surface area contributed by atoms with Crippen LogP contribution in [0.4, 0.5) is 20.5 Å². The Bertz CT molecular complexity index is 1550. The van der Waals surface area contributed by atoms with Gasteiger partial charge < -0.3 is 24.8 Å². The highest BCUT2D eigenvalue weighted by molar-refractivity contribution is 5.87. The number of imidazole rings is 1. The molecule has 0 saturated carbocycles. The number of rotatable bonds is 10. The van der Waals surface area contributed by atoms with Crippen molar-refractivity contribution in [1.29, 1.82) is 5.41 Å². The first-order chi connectivity index (χ1) is 20.1. The number of hydrogen-bond acceptors (Lipinski definition) is 9. The van der Waals surface area contributed by atoms with E-state index in [1.165, 1.54) is 17.0 Å². The number of halogens is 2. The van der Waals surface area contributed by atoms with Gasteiger partial charge in [0.25, 0.3) is 6.43 Å². The number of fused-ring (bicyclic) bond motifs is 1. The smallest absolute Gasteiger partial charge is 0.269 e. The van der Waals surface area contributed by atoms with E-state index >= 15 is 0 Å². The van der Waals surface area contributed by atoms with Gasteiger partial charge in [0.2, 0.25) is 11.7 Å². The van der Waals surface area contributed by atoms with E-state index in [0.29, 0.717) is 24.1 Å². The van der Waals surface area contributed by atoms with E-state index in [-0.39, 0.29) is 39.7 Å². The Hall–Kier alpha value is -4.01. The van der Waals surface area contributed by atoms with E-state index in [1.807, 2.05) is 6.07 Å². The number of pyridine rings is 1. The maximum Gasteiger partial charge on any atom is 0.269 e. The van der Waals surface area contributed by atoms with E-state index in [0.717, 1.165) is 38.0 Å². The lowest BCUT2D eigenvalue weighted by Gasteiger charge is -2.23. The second kappa shape index (κ2) is 12.1. The molecule has 12 nitrogen and oxygen atoms in total. The molecule has 0 unspecified atom stereocenters. The summed E-state index contributed by atoms with van der Waals surface area (Å²) >= 11 is 0. The van der Waals surface area contributed by atoms with Crippen molar-refractivity contribution in [2.45, 2.75) is 45.1 Å². The number of aliphatic imine (C=N–C) groups is 1. The normalized spacial score (nSPS) is 18.8. The Morgan fingerprint density at radius 2 is 2.14 bits per heavy atom. The van der Waals surface area contributed by atoms with Crippen LogP contribution in [-0.4, -0.2) is 75.0 Å². The van der Waals surface area contributed by atoms with Gasteiger partial charge in [-0.05, 0) is 6.42 Å². The number of anilines is 2. The van der Waals surface area contributed by atoms with Crippen molar-refractivity contribution in [3.8, 4) is 5.75 Å². The number of likely N-dealkylation sites (tertiary alicyclic amines) is 1. The second-order valence-electron chi connectivity index (χ2n) is 11.3. The fourth-order valence-corrected chi connectivity index (χ4v) is 5.23. The number of alkyl halides is 2. The standard InChI is InChI=1S/C28H36F2N10O2/c1-28(2,3)21-12-22(37-40(21)17-6-9-39(16-17)10-11-41-5)35-27-36-26-24(38(27)4)23(25(29)30)20(15-34-26)42-19(13-31)18-14-32-7-8-33-18/h7-8,12-15,17,25,31,33H,6,9-11,16H2,1-5H3,(H,34,35,36,37)/p+1/b19-18+,31-13?/t17-/m0/s1. The van der Waals surface area contributed by atoms with Crippen molar-refractivity contribution in [1.82, 2.24) is 29.2 Å². The number of aromatic nitrogens is 5. The Morgan fingerprint density at radius 1 is 1.33 bits per heavy atom. The molecule has 2 aliphatic heterocycles. The van der Waals surface area contributed by atoms with Gasteiger partial charge in [-0.1, -0.05) is 20.8 Å². The summed E-state index contributed by atoms with van der Waals surface area (Å²) in [7, 11) is 3.35. The van der Waals surface area contributed by atoms with Crippen molar-refractivity contribution < 1.29 is 23.6 Å². The molecule has 3 aromatic heterocycles. The molecular weight excluding hydrogens is 546 g/mol. The van der Waals surface area contributed by atoms with E-state index < -0.39 is 6.43 Å². The molecule has 1 atom stereocenters. The molecular formula is C28H37F2N10O2+. The summed E-state index contributed by atoms with van der Waals surface area (Å²) in [5, 5.41) is 17.6. The van der Waals surface area contributed by atoms with E-state index in [4.69, 9.17) is 20.0 Å². The Kier molecular flexibility index (Phi) is 8.48. The maximum absolute atomic E-state index is 14.5. The quantitative estimate of drug-likeness (QED) is 0.246. The zero-order valence-corrected chi connectivity index (χ0v) is 24.4. The van der Waals surface area contributed by atoms with Crippen molar-refractivity contribution in [3.05, 3.63) is 47.4 Å². The lowest BCUT2D eigenvalue weighted by Crippen LogP contribution is -2.77. The monoisotopic (exact) mass is 583 g/mol. The molecule has 3 aromatic rings. The van der Waals surface area contributed by atoms with Crippen LogP contribution >= 0.6 is 0 Å². The van der Waals surface area contributed by atoms with Crippen LogP contribution < -0.4 is 15.4 Å². The number of methoxy groups -OCH3 is 1. The molecule has 1 fully saturated rings. The molecule has 0 spiro atoms. The van der Waals surface area contributed by atoms with Gasteiger partial charge in [0.15, 0.2) is 22.9 Å². The van der Waals surface area contributed by atoms with Crippen LogP contribution in [0, 0.1) is 5.41 Å². The molecule has 0 amide bonds. The fraction of sp³-hybridized carbons (Fsp3) is 0.464. The van der Waals surface area contributed by atoms with Crippen LogP contribution in [0.3, 0.4) is 0 Å². The maximum atomic E-state index is 14.5. The average molecular weight is 584 g/mol. The topological polar surface area (TPSA) is 135 Å². The molecule has 0 bridgehead atoms. The Labute approximate surface area is 242 Å². The Balaban J connectivity index is 1.48. The predicted molar refractivity (Wildman–Crippen MR) is 156 cm³/mol. The van der Waals surface area contributed by atoms with Gasteiger partial charge in [0, 0.05) is 51.0 Å². The van der Waals surface area contributed by atoms with Crippen LogP contribution in [-0.2, 0) is 17.2 Å². The Morgan fingerprint density at radius 3 is 2.81 bits per heavy atom. The van der Waals surface area contributed by atoms with Gasteiger partial charge in [-0.2, -0.15) is 10.1 Å². The van der Waals surface area contributed by atoms with Gasteiger partial charge in [-0.25, -0.2) is 13.8 Å². The zero-order valence-electron chi connectivity index (χ0n) is 24.4. The van der Waals surface area contributed by atoms with Crippen LogP contribution in [0.5, 0.6) is 5.75 Å². The summed E-state index contributed by atoms with van der Waals surface area (Å²) in [5.74, 6) is 0.797. The third-order valence-electron chi connectivity index (χ3n) is 7.37. The molecule has 4 N–H and O–H groups in total. The molecule has 5 rings (SSSR count). The summed E-state index contributed by atoms with van der Waals surface area (Å²) in [6.45, 7) is 9.82. The van der Waals surface area contributed by atoms with Crippen LogP contribution in [0.15, 0.2) is 41.1 Å². The first-order valence-electron chi connectivity index (χ1n) is 13.8. The number of aryl methyl sites for hydroxylation is 1. The van der Waals surface area contributed by atoms with E-state index in [2.05, 4.69) is 50.6 Å². The van der Waals surface area contributed by atoms with E-state index in [1.54, 1.807) is 31.9 Å². The summed E-state index contributed by atoms with van der Waals surface area (Å²) in [6, 6.07) is 2.20. The number of allylic oxidation sites excluding steroid dienone is 2. The molecule has 14 heteroatoms. The molecule has 42 heavy (non-hydrogen) atoms. The van der Waals surface area contributed by atoms with Gasteiger partial charge in [-0.15, -0.1) is 0 Å². The highest BCUT2D eigenvalue weighted by Gasteiger charge is 2.31. The molecule has 1 saturated heterocycles. The number of ether oxygens (including phenoxy) is 2. The molecule has 2 aliphatic rings. The summed E-state index contributed by atoms with van der Waals surface area (Å²) < 4.78 is 43.7. The summed E-state index contributed by atoms with van der Waals surface area (Å²) in [6.07, 6.45) is 5.00. The number of nitrogens with one attached hydrogen (secondary N) is 2. The number of quaternary nitrogens is 1. The first kappa shape index (κ1) is 29.5. The van der Waals surface area contributed by atoms with Crippen molar-refractivity contribution in [2.24, 2.45) is 12.0 Å². The average Bonchev–Trinajstić information content (AvgIpc) is 3.68. The molecule has 0 aliphatic carbocycles. The third kappa shape index (κ3) is 5.96. The van der Waals surface area contributed by atoms with Gasteiger partial charge in [0.05, 0.1) is 43.0 Å². The predicted octanol–water partition coefficient (Wildman–Crippen LogP) is 3.40. The van der Waals surface area contributed by atoms with Crippen molar-refractivity contribution in [2.75, 3.05) is 38.7 Å². The minimum absolute atomic E-state index is 0.0691. The third-order valence-corrected chi connectivity index (χ3v) is 7.37. The molecule has 0 aromatic carbocycles. The van der Waals surface area contributed by atoms with Gasteiger partial charge >= 0.3 is 0 Å². The lowest BCUT2D eigenvalue weighted by molar-refractivity contribution is -0.528. The number of hydrogen-bond donors (Lipinski definition) is 3. The molecule has 0 radical (unpaired) electrons. The minimum atomic E-state index is -2.88. The van der Waals surface area contributed by atoms with Crippen molar-refractivity contribution in [3.63, 3.8) is 0 Å². The molecule has 5 heterocycles.